The molecule has 0 spiro atoms. The Labute approximate surface area is 231 Å². The molecule has 0 saturated heterocycles. The zero-order valence-corrected chi connectivity index (χ0v) is 24.2. The van der Waals surface area contributed by atoms with Gasteiger partial charge in [-0.1, -0.05) is 11.3 Å². The first-order valence-electron chi connectivity index (χ1n) is 11.6. The van der Waals surface area contributed by atoms with Gasteiger partial charge in [0.1, 0.15) is 17.5 Å². The Hall–Kier alpha value is -3.57. The molecule has 1 aliphatic heterocycles. The molecule has 9 nitrogen and oxygen atoms in total. The van der Waals surface area contributed by atoms with Gasteiger partial charge < -0.3 is 23.7 Å². The molecule has 4 rings (SSSR count). The van der Waals surface area contributed by atoms with Crippen LogP contribution in [0.4, 0.5) is 0 Å². The van der Waals surface area contributed by atoms with Crippen molar-refractivity contribution in [1.82, 2.24) is 4.57 Å². The zero-order chi connectivity index (χ0) is 27.6. The van der Waals surface area contributed by atoms with Gasteiger partial charge in [-0.15, -0.1) is 0 Å². The van der Waals surface area contributed by atoms with Gasteiger partial charge in [-0.25, -0.2) is 9.79 Å². The fourth-order valence-electron chi connectivity index (χ4n) is 4.31. The van der Waals surface area contributed by atoms with Crippen molar-refractivity contribution < 1.29 is 28.5 Å². The smallest absolute Gasteiger partial charge is 0.338 e. The number of thiazole rings is 1. The maximum absolute atomic E-state index is 13.9. The summed E-state index contributed by atoms with van der Waals surface area (Å²) in [7, 11) is 6.18. The molecule has 11 heteroatoms. The highest BCUT2D eigenvalue weighted by Crippen LogP contribution is 2.38. The molecule has 1 atom stereocenters. The molecule has 0 bridgehead atoms. The largest absolute Gasteiger partial charge is 0.497 e. The van der Waals surface area contributed by atoms with Crippen LogP contribution in [0.1, 0.15) is 31.0 Å². The summed E-state index contributed by atoms with van der Waals surface area (Å²) in [6.07, 6.45) is 1.75. The van der Waals surface area contributed by atoms with Crippen LogP contribution < -0.4 is 33.8 Å². The molecule has 2 aromatic carbocycles. The molecular weight excluding hydrogens is 576 g/mol. The fourth-order valence-corrected chi connectivity index (χ4v) is 5.98. The minimum absolute atomic E-state index is 0.177. The second kappa shape index (κ2) is 11.4. The SMILES string of the molecule is CCOC(=O)C1=C(C)N=c2sc(=Cc3cc(Br)c(OC)c(OC)c3)c(=O)n2[C@H]1c1cc(OC)ccc1OC. The number of nitrogens with zero attached hydrogens (tertiary/aromatic N) is 2. The van der Waals surface area contributed by atoms with Gasteiger partial charge in [0.15, 0.2) is 16.3 Å². The molecule has 1 aliphatic rings. The Balaban J connectivity index is 2.00. The summed E-state index contributed by atoms with van der Waals surface area (Å²) < 4.78 is 29.9. The number of allylic oxidation sites excluding steroid dienone is 1. The van der Waals surface area contributed by atoms with E-state index < -0.39 is 12.0 Å². The second-order valence-electron chi connectivity index (χ2n) is 8.15. The fraction of sp³-hybridized carbons (Fsp3) is 0.296. The lowest BCUT2D eigenvalue weighted by atomic mass is 9.94. The van der Waals surface area contributed by atoms with E-state index in [1.807, 2.05) is 6.07 Å². The van der Waals surface area contributed by atoms with Crippen molar-refractivity contribution in [2.75, 3.05) is 35.0 Å². The van der Waals surface area contributed by atoms with Gasteiger partial charge in [0.25, 0.3) is 5.56 Å². The minimum Gasteiger partial charge on any atom is -0.497 e. The van der Waals surface area contributed by atoms with Crippen LogP contribution in [0, 0.1) is 0 Å². The topological polar surface area (TPSA) is 97.6 Å². The number of esters is 1. The number of carbonyl (C=O) groups excluding carboxylic acids is 1. The number of carbonyl (C=O) groups is 1. The quantitative estimate of drug-likeness (QED) is 0.363. The van der Waals surface area contributed by atoms with Crippen LogP contribution in [0.25, 0.3) is 6.08 Å². The van der Waals surface area contributed by atoms with E-state index in [-0.39, 0.29) is 17.7 Å². The van der Waals surface area contributed by atoms with E-state index >= 15 is 0 Å². The van der Waals surface area contributed by atoms with Gasteiger partial charge in [-0.2, -0.15) is 0 Å². The molecule has 0 amide bonds. The number of hydrogen-bond acceptors (Lipinski definition) is 9. The first kappa shape index (κ1) is 27.5. The van der Waals surface area contributed by atoms with E-state index in [9.17, 15) is 9.59 Å². The molecule has 0 unspecified atom stereocenters. The van der Waals surface area contributed by atoms with Crippen LogP contribution in [0.5, 0.6) is 23.0 Å². The van der Waals surface area contributed by atoms with E-state index in [0.29, 0.717) is 48.1 Å². The number of rotatable bonds is 8. The van der Waals surface area contributed by atoms with Gasteiger partial charge in [-0.05, 0) is 71.7 Å². The van der Waals surface area contributed by atoms with E-state index in [4.69, 9.17) is 23.7 Å². The Bertz CT molecular complexity index is 1610. The summed E-state index contributed by atoms with van der Waals surface area (Å²) in [4.78, 5) is 32.2. The average molecular weight is 603 g/mol. The van der Waals surface area contributed by atoms with Crippen LogP contribution in [0.3, 0.4) is 0 Å². The third-order valence-corrected chi connectivity index (χ3v) is 7.57. The Morgan fingerprint density at radius 2 is 1.82 bits per heavy atom. The maximum Gasteiger partial charge on any atom is 0.338 e. The van der Waals surface area contributed by atoms with Gasteiger partial charge in [0, 0.05) is 5.56 Å². The predicted molar refractivity (Wildman–Crippen MR) is 147 cm³/mol. The molecule has 1 aromatic heterocycles. The first-order valence-corrected chi connectivity index (χ1v) is 13.2. The normalized spacial score (nSPS) is 15.0. The van der Waals surface area contributed by atoms with Crippen molar-refractivity contribution in [2.45, 2.75) is 19.9 Å². The average Bonchev–Trinajstić information content (AvgIpc) is 3.21. The van der Waals surface area contributed by atoms with E-state index in [1.54, 1.807) is 65.5 Å². The van der Waals surface area contributed by atoms with Crippen molar-refractivity contribution in [3.8, 4) is 23.0 Å². The summed E-state index contributed by atoms with van der Waals surface area (Å²) in [5.74, 6) is 1.55. The predicted octanol–water partition coefficient (Wildman–Crippen LogP) is 3.60. The van der Waals surface area contributed by atoms with E-state index in [0.717, 1.165) is 5.56 Å². The van der Waals surface area contributed by atoms with Crippen molar-refractivity contribution >= 4 is 39.3 Å². The molecule has 0 N–H and O–H groups in total. The number of hydrogen-bond donors (Lipinski definition) is 0. The van der Waals surface area contributed by atoms with Gasteiger partial charge in [0.05, 0.1) is 55.3 Å². The van der Waals surface area contributed by atoms with Gasteiger partial charge in [-0.3, -0.25) is 9.36 Å². The van der Waals surface area contributed by atoms with Crippen LogP contribution in [-0.4, -0.2) is 45.6 Å². The lowest BCUT2D eigenvalue weighted by molar-refractivity contribution is -0.139. The highest BCUT2D eigenvalue weighted by molar-refractivity contribution is 9.10. The van der Waals surface area contributed by atoms with Crippen LogP contribution in [0.15, 0.2) is 55.9 Å². The van der Waals surface area contributed by atoms with E-state index in [2.05, 4.69) is 20.9 Å². The molecular formula is C27H27BrN2O7S. The third kappa shape index (κ3) is 4.95. The number of fused-ring (bicyclic) bond motifs is 1. The number of ether oxygens (including phenoxy) is 5. The Morgan fingerprint density at radius 3 is 2.45 bits per heavy atom. The second-order valence-corrected chi connectivity index (χ2v) is 10.0. The summed E-state index contributed by atoms with van der Waals surface area (Å²) in [6.45, 7) is 3.63. The summed E-state index contributed by atoms with van der Waals surface area (Å²) in [5.41, 5.74) is 1.69. The molecule has 0 saturated carbocycles. The van der Waals surface area contributed by atoms with Crippen molar-refractivity contribution in [1.29, 1.82) is 0 Å². The van der Waals surface area contributed by atoms with Gasteiger partial charge in [0.2, 0.25) is 0 Å². The highest BCUT2D eigenvalue weighted by Gasteiger charge is 2.35. The lowest BCUT2D eigenvalue weighted by Gasteiger charge is -2.26. The molecule has 0 radical (unpaired) electrons. The monoisotopic (exact) mass is 602 g/mol. The highest BCUT2D eigenvalue weighted by atomic mass is 79.9. The van der Waals surface area contributed by atoms with Crippen molar-refractivity contribution in [3.05, 3.63) is 76.9 Å². The Kier molecular flexibility index (Phi) is 8.27. The van der Waals surface area contributed by atoms with Crippen LogP contribution in [0.2, 0.25) is 0 Å². The lowest BCUT2D eigenvalue weighted by Crippen LogP contribution is -2.40. The third-order valence-electron chi connectivity index (χ3n) is 6.00. The van der Waals surface area contributed by atoms with Crippen LogP contribution in [-0.2, 0) is 9.53 Å². The van der Waals surface area contributed by atoms with E-state index in [1.165, 1.54) is 23.0 Å². The van der Waals surface area contributed by atoms with Crippen LogP contribution >= 0.6 is 27.3 Å². The maximum atomic E-state index is 13.9. The summed E-state index contributed by atoms with van der Waals surface area (Å²) in [6, 6.07) is 8.01. The minimum atomic E-state index is -0.838. The van der Waals surface area contributed by atoms with Crippen molar-refractivity contribution in [2.24, 2.45) is 4.99 Å². The molecule has 0 fully saturated rings. The summed E-state index contributed by atoms with van der Waals surface area (Å²) in [5, 5.41) is 0. The number of benzene rings is 2. The molecule has 38 heavy (non-hydrogen) atoms. The zero-order valence-electron chi connectivity index (χ0n) is 21.8. The standard InChI is InChI=1S/C27H27BrN2O7S/c1-7-37-26(32)22-14(2)29-27-30(23(22)17-13-16(33-3)8-9-19(17)34-4)25(31)21(38-27)12-15-10-18(28)24(36-6)20(11-15)35-5/h8-13,23H,7H2,1-6H3/t23-/m0/s1. The molecule has 200 valence electrons. The molecule has 0 aliphatic carbocycles. The number of methoxy groups -OCH3 is 4. The van der Waals surface area contributed by atoms with Crippen molar-refractivity contribution in [3.63, 3.8) is 0 Å². The summed E-state index contributed by atoms with van der Waals surface area (Å²) >= 11 is 4.72. The van der Waals surface area contributed by atoms with Gasteiger partial charge >= 0.3 is 5.97 Å². The molecule has 2 heterocycles. The number of aromatic nitrogens is 1. The number of halogens is 1. The first-order chi connectivity index (χ1) is 18.3. The Morgan fingerprint density at radius 1 is 1.08 bits per heavy atom. The molecule has 3 aromatic rings.